The van der Waals surface area contributed by atoms with E-state index in [1.165, 1.54) is 11.3 Å². The smallest absolute Gasteiger partial charge is 0.251 e. The third kappa shape index (κ3) is 3.38. The van der Waals surface area contributed by atoms with Gasteiger partial charge in [-0.3, -0.25) is 4.79 Å². The molecule has 2 aromatic carbocycles. The predicted octanol–water partition coefficient (Wildman–Crippen LogP) is 3.22. The van der Waals surface area contributed by atoms with Crippen LogP contribution < -0.4 is 10.6 Å². The molecule has 0 aliphatic heterocycles. The van der Waals surface area contributed by atoms with Crippen LogP contribution in [0.3, 0.4) is 0 Å². The number of para-hydroxylation sites is 1. The number of amides is 1. The fourth-order valence-electron chi connectivity index (χ4n) is 2.12. The van der Waals surface area contributed by atoms with E-state index in [2.05, 4.69) is 35.8 Å². The lowest BCUT2D eigenvalue weighted by Gasteiger charge is -2.11. The minimum Gasteiger partial charge on any atom is -0.381 e. The Morgan fingerprint density at radius 2 is 1.75 bits per heavy atom. The van der Waals surface area contributed by atoms with Gasteiger partial charge in [0.05, 0.1) is 0 Å². The highest BCUT2D eigenvalue weighted by atomic mass is 16.1. The summed E-state index contributed by atoms with van der Waals surface area (Å²) in [5, 5.41) is 6.06. The maximum atomic E-state index is 11.5. The number of hydrogen-bond acceptors (Lipinski definition) is 2. The zero-order valence-electron chi connectivity index (χ0n) is 11.9. The van der Waals surface area contributed by atoms with Gasteiger partial charge < -0.3 is 10.6 Å². The summed E-state index contributed by atoms with van der Waals surface area (Å²) >= 11 is 0. The zero-order chi connectivity index (χ0) is 14.4. The third-order valence-corrected chi connectivity index (χ3v) is 3.32. The minimum absolute atomic E-state index is 0.0548. The van der Waals surface area contributed by atoms with E-state index in [0.29, 0.717) is 5.56 Å². The van der Waals surface area contributed by atoms with Crippen LogP contribution in [0, 0.1) is 0 Å². The number of carbonyl (C=O) groups excluding carboxylic acids is 1. The number of anilines is 1. The van der Waals surface area contributed by atoms with Crippen LogP contribution in [0.2, 0.25) is 0 Å². The fraction of sp³-hybridized carbons (Fsp3) is 0.235. The maximum absolute atomic E-state index is 11.5. The lowest BCUT2D eigenvalue weighted by atomic mass is 10.1. The molecule has 0 radical (unpaired) electrons. The van der Waals surface area contributed by atoms with Gasteiger partial charge in [-0.15, -0.1) is 0 Å². The molecule has 0 saturated carbocycles. The van der Waals surface area contributed by atoms with Crippen LogP contribution >= 0.6 is 0 Å². The first-order valence-electron chi connectivity index (χ1n) is 6.87. The average molecular weight is 268 g/mol. The van der Waals surface area contributed by atoms with Gasteiger partial charge in [0.15, 0.2) is 0 Å². The van der Waals surface area contributed by atoms with E-state index in [-0.39, 0.29) is 5.91 Å². The third-order valence-electron chi connectivity index (χ3n) is 3.32. The van der Waals surface area contributed by atoms with Crippen molar-refractivity contribution in [2.75, 3.05) is 12.4 Å². The summed E-state index contributed by atoms with van der Waals surface area (Å²) in [6, 6.07) is 16.0. The molecule has 0 spiro atoms. The highest BCUT2D eigenvalue weighted by Gasteiger charge is 2.03. The predicted molar refractivity (Wildman–Crippen MR) is 83.0 cm³/mol. The molecular formula is C17H20N2O. The van der Waals surface area contributed by atoms with Gasteiger partial charge in [-0.1, -0.05) is 37.3 Å². The van der Waals surface area contributed by atoms with Gasteiger partial charge in [0, 0.05) is 24.8 Å². The number of benzene rings is 2. The van der Waals surface area contributed by atoms with Crippen molar-refractivity contribution in [3.05, 3.63) is 65.2 Å². The molecule has 0 bridgehead atoms. The molecule has 2 rings (SSSR count). The van der Waals surface area contributed by atoms with Crippen LogP contribution in [0.15, 0.2) is 48.5 Å². The van der Waals surface area contributed by atoms with Crippen molar-refractivity contribution in [3.63, 3.8) is 0 Å². The Hall–Kier alpha value is -2.29. The van der Waals surface area contributed by atoms with E-state index in [1.54, 1.807) is 7.05 Å². The normalized spacial score (nSPS) is 10.1. The van der Waals surface area contributed by atoms with Crippen molar-refractivity contribution in [1.29, 1.82) is 0 Å². The topological polar surface area (TPSA) is 41.1 Å². The molecule has 3 nitrogen and oxygen atoms in total. The Bertz CT molecular complexity index is 576. The molecule has 0 aliphatic carbocycles. The van der Waals surface area contributed by atoms with Gasteiger partial charge in [-0.05, 0) is 35.7 Å². The second-order valence-electron chi connectivity index (χ2n) is 4.64. The standard InChI is InChI=1S/C17H20N2O/c1-3-14-6-4-5-7-16(14)19-12-13-8-10-15(11-9-13)17(20)18-2/h4-11,19H,3,12H2,1-2H3,(H,18,20). The fourth-order valence-corrected chi connectivity index (χ4v) is 2.12. The number of hydrogen-bond donors (Lipinski definition) is 2. The maximum Gasteiger partial charge on any atom is 0.251 e. The van der Waals surface area contributed by atoms with E-state index in [9.17, 15) is 4.79 Å². The Kier molecular flexibility index (Phi) is 4.77. The monoisotopic (exact) mass is 268 g/mol. The molecule has 1 amide bonds. The second-order valence-corrected chi connectivity index (χ2v) is 4.64. The SMILES string of the molecule is CCc1ccccc1NCc1ccc(C(=O)NC)cc1. The lowest BCUT2D eigenvalue weighted by molar-refractivity contribution is 0.0963. The number of rotatable bonds is 5. The largest absolute Gasteiger partial charge is 0.381 e. The van der Waals surface area contributed by atoms with Crippen LogP contribution in [-0.4, -0.2) is 13.0 Å². The van der Waals surface area contributed by atoms with Crippen molar-refractivity contribution in [1.82, 2.24) is 5.32 Å². The van der Waals surface area contributed by atoms with E-state index >= 15 is 0 Å². The molecule has 0 aliphatic rings. The van der Waals surface area contributed by atoms with E-state index in [1.807, 2.05) is 30.3 Å². The molecule has 3 heteroatoms. The van der Waals surface area contributed by atoms with Crippen molar-refractivity contribution in [2.45, 2.75) is 19.9 Å². The van der Waals surface area contributed by atoms with Crippen molar-refractivity contribution >= 4 is 11.6 Å². The lowest BCUT2D eigenvalue weighted by Crippen LogP contribution is -2.17. The van der Waals surface area contributed by atoms with Crippen molar-refractivity contribution < 1.29 is 4.79 Å². The second kappa shape index (κ2) is 6.75. The summed E-state index contributed by atoms with van der Waals surface area (Å²) in [4.78, 5) is 11.5. The number of aryl methyl sites for hydroxylation is 1. The van der Waals surface area contributed by atoms with Gasteiger partial charge in [0.1, 0.15) is 0 Å². The summed E-state index contributed by atoms with van der Waals surface area (Å²) < 4.78 is 0. The van der Waals surface area contributed by atoms with Crippen molar-refractivity contribution in [3.8, 4) is 0 Å². The molecule has 20 heavy (non-hydrogen) atoms. The zero-order valence-corrected chi connectivity index (χ0v) is 11.9. The molecular weight excluding hydrogens is 248 g/mol. The molecule has 0 heterocycles. The summed E-state index contributed by atoms with van der Waals surface area (Å²) in [5.41, 5.74) is 4.33. The summed E-state index contributed by atoms with van der Waals surface area (Å²) in [7, 11) is 1.64. The van der Waals surface area contributed by atoms with Gasteiger partial charge in [-0.2, -0.15) is 0 Å². The molecule has 2 aromatic rings. The molecule has 0 fully saturated rings. The van der Waals surface area contributed by atoms with E-state index in [0.717, 1.165) is 18.5 Å². The highest BCUT2D eigenvalue weighted by Crippen LogP contribution is 2.16. The highest BCUT2D eigenvalue weighted by molar-refractivity contribution is 5.93. The van der Waals surface area contributed by atoms with E-state index < -0.39 is 0 Å². The van der Waals surface area contributed by atoms with Crippen LogP contribution in [-0.2, 0) is 13.0 Å². The molecule has 104 valence electrons. The van der Waals surface area contributed by atoms with Crippen LogP contribution in [0.25, 0.3) is 0 Å². The first-order chi connectivity index (χ1) is 9.74. The number of nitrogens with one attached hydrogen (secondary N) is 2. The van der Waals surface area contributed by atoms with E-state index in [4.69, 9.17) is 0 Å². The molecule has 0 atom stereocenters. The molecule has 2 N–H and O–H groups in total. The van der Waals surface area contributed by atoms with Gasteiger partial charge >= 0.3 is 0 Å². The van der Waals surface area contributed by atoms with Crippen LogP contribution in [0.5, 0.6) is 0 Å². The Balaban J connectivity index is 2.02. The van der Waals surface area contributed by atoms with Gasteiger partial charge in [-0.25, -0.2) is 0 Å². The summed E-state index contributed by atoms with van der Waals surface area (Å²) in [6.45, 7) is 2.91. The van der Waals surface area contributed by atoms with Crippen LogP contribution in [0.1, 0.15) is 28.4 Å². The van der Waals surface area contributed by atoms with Gasteiger partial charge in [0.25, 0.3) is 5.91 Å². The molecule has 0 unspecified atom stereocenters. The average Bonchev–Trinajstić information content (AvgIpc) is 2.53. The van der Waals surface area contributed by atoms with Crippen molar-refractivity contribution in [2.24, 2.45) is 0 Å². The summed E-state index contributed by atoms with van der Waals surface area (Å²) in [6.07, 6.45) is 1.01. The first kappa shape index (κ1) is 14.1. The Labute approximate surface area is 120 Å². The number of carbonyl (C=O) groups is 1. The molecule has 0 saturated heterocycles. The Morgan fingerprint density at radius 1 is 1.05 bits per heavy atom. The first-order valence-corrected chi connectivity index (χ1v) is 6.87. The quantitative estimate of drug-likeness (QED) is 0.874. The Morgan fingerprint density at radius 3 is 2.40 bits per heavy atom. The summed E-state index contributed by atoms with van der Waals surface area (Å²) in [5.74, 6) is -0.0548. The molecule has 0 aromatic heterocycles. The van der Waals surface area contributed by atoms with Crippen LogP contribution in [0.4, 0.5) is 5.69 Å². The minimum atomic E-state index is -0.0548. The van der Waals surface area contributed by atoms with Gasteiger partial charge in [0.2, 0.25) is 0 Å².